The third kappa shape index (κ3) is 4.65. The number of carbonyl (C=O) groups excluding carboxylic acids is 1. The number of amides is 1. The van der Waals surface area contributed by atoms with E-state index < -0.39 is 17.6 Å². The Bertz CT molecular complexity index is 702. The predicted molar refractivity (Wildman–Crippen MR) is 86.2 cm³/mol. The summed E-state index contributed by atoms with van der Waals surface area (Å²) in [6.45, 7) is 2.11. The van der Waals surface area contributed by atoms with Crippen LogP contribution >= 0.6 is 0 Å². The van der Waals surface area contributed by atoms with Crippen molar-refractivity contribution < 1.29 is 22.7 Å². The molecule has 0 spiro atoms. The number of hydrogen-bond acceptors (Lipinski definition) is 3. The number of carbonyl (C=O) groups is 1. The maximum absolute atomic E-state index is 12.9. The Morgan fingerprint density at radius 2 is 1.67 bits per heavy atom. The van der Waals surface area contributed by atoms with Gasteiger partial charge >= 0.3 is 6.18 Å². The number of anilines is 2. The molecule has 0 heterocycles. The van der Waals surface area contributed by atoms with Crippen LogP contribution in [0.3, 0.4) is 0 Å². The lowest BCUT2D eigenvalue weighted by atomic mass is 10.1. The predicted octanol–water partition coefficient (Wildman–Crippen LogP) is 4.15. The van der Waals surface area contributed by atoms with Crippen LogP contribution in [0.1, 0.15) is 12.5 Å². The number of nitrogens with one attached hydrogen (secondary N) is 2. The number of halogens is 3. The van der Waals surface area contributed by atoms with Gasteiger partial charge in [-0.05, 0) is 31.2 Å². The average molecular weight is 338 g/mol. The molecular formula is C17H17F3N2O2. The van der Waals surface area contributed by atoms with Crippen LogP contribution in [-0.2, 0) is 11.0 Å². The van der Waals surface area contributed by atoms with Gasteiger partial charge in [0.15, 0.2) is 0 Å². The Hall–Kier alpha value is -2.70. The molecule has 0 atom stereocenters. The van der Waals surface area contributed by atoms with E-state index in [1.807, 2.05) is 6.92 Å². The molecular weight excluding hydrogens is 321 g/mol. The topological polar surface area (TPSA) is 50.4 Å². The Balaban J connectivity index is 2.03. The molecule has 2 aromatic carbocycles. The van der Waals surface area contributed by atoms with Gasteiger partial charge in [0.05, 0.1) is 30.1 Å². The van der Waals surface area contributed by atoms with Crippen LogP contribution in [0.15, 0.2) is 48.5 Å². The first-order valence-corrected chi connectivity index (χ1v) is 7.33. The van der Waals surface area contributed by atoms with E-state index in [9.17, 15) is 18.0 Å². The van der Waals surface area contributed by atoms with E-state index in [0.29, 0.717) is 18.0 Å². The Morgan fingerprint density at radius 3 is 2.33 bits per heavy atom. The van der Waals surface area contributed by atoms with Crippen LogP contribution in [0.4, 0.5) is 24.5 Å². The number of rotatable bonds is 6. The third-order valence-corrected chi connectivity index (χ3v) is 3.13. The molecule has 0 aliphatic heterocycles. The Labute approximate surface area is 137 Å². The normalized spacial score (nSPS) is 11.0. The van der Waals surface area contributed by atoms with Gasteiger partial charge in [0, 0.05) is 0 Å². The highest BCUT2D eigenvalue weighted by molar-refractivity contribution is 5.94. The fourth-order valence-corrected chi connectivity index (χ4v) is 2.10. The van der Waals surface area contributed by atoms with Gasteiger partial charge in [-0.3, -0.25) is 4.79 Å². The van der Waals surface area contributed by atoms with Crippen molar-refractivity contribution in [1.29, 1.82) is 0 Å². The summed E-state index contributed by atoms with van der Waals surface area (Å²) >= 11 is 0. The summed E-state index contributed by atoms with van der Waals surface area (Å²) < 4.78 is 44.1. The van der Waals surface area contributed by atoms with Gasteiger partial charge in [-0.2, -0.15) is 13.2 Å². The van der Waals surface area contributed by atoms with Gasteiger partial charge in [-0.15, -0.1) is 0 Å². The summed E-state index contributed by atoms with van der Waals surface area (Å²) in [5.41, 5.74) is -0.554. The van der Waals surface area contributed by atoms with Crippen molar-refractivity contribution in [3.8, 4) is 5.75 Å². The van der Waals surface area contributed by atoms with Crippen LogP contribution in [0.2, 0.25) is 0 Å². The van der Waals surface area contributed by atoms with E-state index in [4.69, 9.17) is 4.74 Å². The molecule has 0 radical (unpaired) electrons. The van der Waals surface area contributed by atoms with E-state index in [1.54, 1.807) is 24.3 Å². The maximum atomic E-state index is 12.9. The summed E-state index contributed by atoms with van der Waals surface area (Å²) in [7, 11) is 0. The lowest BCUT2D eigenvalue weighted by Crippen LogP contribution is -2.23. The monoisotopic (exact) mass is 338 g/mol. The lowest BCUT2D eigenvalue weighted by Gasteiger charge is -2.15. The first kappa shape index (κ1) is 17.7. The molecule has 0 aromatic heterocycles. The van der Waals surface area contributed by atoms with Gasteiger partial charge in [0.1, 0.15) is 5.75 Å². The van der Waals surface area contributed by atoms with Gasteiger partial charge in [-0.1, -0.05) is 24.3 Å². The molecule has 24 heavy (non-hydrogen) atoms. The largest absolute Gasteiger partial charge is 0.492 e. The summed E-state index contributed by atoms with van der Waals surface area (Å²) in [6, 6.07) is 11.9. The fraction of sp³-hybridized carbons (Fsp3) is 0.235. The second-order valence-corrected chi connectivity index (χ2v) is 4.87. The van der Waals surface area contributed by atoms with E-state index in [1.165, 1.54) is 18.2 Å². The molecule has 4 nitrogen and oxygen atoms in total. The van der Waals surface area contributed by atoms with Gasteiger partial charge in [0.2, 0.25) is 5.91 Å². The molecule has 0 fully saturated rings. The van der Waals surface area contributed by atoms with E-state index >= 15 is 0 Å². The summed E-state index contributed by atoms with van der Waals surface area (Å²) in [6.07, 6.45) is -4.53. The van der Waals surface area contributed by atoms with Crippen LogP contribution in [-0.4, -0.2) is 19.1 Å². The summed E-state index contributed by atoms with van der Waals surface area (Å²) in [4.78, 5) is 12.0. The molecule has 2 rings (SSSR count). The Kier molecular flexibility index (Phi) is 5.68. The molecule has 0 bridgehead atoms. The van der Waals surface area contributed by atoms with E-state index in [-0.39, 0.29) is 12.2 Å². The zero-order chi connectivity index (χ0) is 17.6. The molecule has 0 unspecified atom stereocenters. The Morgan fingerprint density at radius 1 is 1.04 bits per heavy atom. The molecule has 2 aromatic rings. The summed E-state index contributed by atoms with van der Waals surface area (Å²) in [5, 5.41) is 5.13. The van der Waals surface area contributed by atoms with Crippen molar-refractivity contribution in [2.75, 3.05) is 23.8 Å². The minimum absolute atomic E-state index is 0.184. The molecule has 0 saturated heterocycles. The SMILES string of the molecule is CCOc1ccccc1NCC(=O)Nc1ccccc1C(F)(F)F. The second kappa shape index (κ2) is 7.72. The highest BCUT2D eigenvalue weighted by Gasteiger charge is 2.33. The molecule has 7 heteroatoms. The van der Waals surface area contributed by atoms with Crippen molar-refractivity contribution >= 4 is 17.3 Å². The molecule has 0 saturated carbocycles. The quantitative estimate of drug-likeness (QED) is 0.832. The number of alkyl halides is 3. The molecule has 2 N–H and O–H groups in total. The molecule has 0 aliphatic rings. The molecule has 128 valence electrons. The van der Waals surface area contributed by atoms with Crippen molar-refractivity contribution in [1.82, 2.24) is 0 Å². The smallest absolute Gasteiger partial charge is 0.418 e. The summed E-state index contributed by atoms with van der Waals surface area (Å²) in [5.74, 6) is -0.0125. The minimum Gasteiger partial charge on any atom is -0.492 e. The van der Waals surface area contributed by atoms with Crippen molar-refractivity contribution in [3.05, 3.63) is 54.1 Å². The zero-order valence-corrected chi connectivity index (χ0v) is 13.0. The molecule has 1 amide bonds. The number of hydrogen-bond donors (Lipinski definition) is 2. The van der Waals surface area contributed by atoms with Crippen molar-refractivity contribution in [2.45, 2.75) is 13.1 Å². The van der Waals surface area contributed by atoms with Gasteiger partial charge < -0.3 is 15.4 Å². The number of para-hydroxylation sites is 3. The standard InChI is InChI=1S/C17H17F3N2O2/c1-2-24-15-10-6-5-9-14(15)21-11-16(23)22-13-8-4-3-7-12(13)17(18,19)20/h3-10,21H,2,11H2,1H3,(H,22,23). The van der Waals surface area contributed by atoms with E-state index in [2.05, 4.69) is 10.6 Å². The molecule has 0 aliphatic carbocycles. The van der Waals surface area contributed by atoms with Gasteiger partial charge in [-0.25, -0.2) is 0 Å². The maximum Gasteiger partial charge on any atom is 0.418 e. The number of benzene rings is 2. The third-order valence-electron chi connectivity index (χ3n) is 3.13. The van der Waals surface area contributed by atoms with Crippen LogP contribution in [0.5, 0.6) is 5.75 Å². The minimum atomic E-state index is -4.53. The highest BCUT2D eigenvalue weighted by Crippen LogP contribution is 2.34. The first-order valence-electron chi connectivity index (χ1n) is 7.33. The average Bonchev–Trinajstić information content (AvgIpc) is 2.54. The van der Waals surface area contributed by atoms with Crippen LogP contribution in [0, 0.1) is 0 Å². The van der Waals surface area contributed by atoms with Gasteiger partial charge in [0.25, 0.3) is 0 Å². The van der Waals surface area contributed by atoms with Crippen molar-refractivity contribution in [3.63, 3.8) is 0 Å². The lowest BCUT2D eigenvalue weighted by molar-refractivity contribution is -0.137. The first-order chi connectivity index (χ1) is 11.4. The van der Waals surface area contributed by atoms with Crippen molar-refractivity contribution in [2.24, 2.45) is 0 Å². The fourth-order valence-electron chi connectivity index (χ4n) is 2.10. The van der Waals surface area contributed by atoms with E-state index in [0.717, 1.165) is 6.07 Å². The number of ether oxygens (including phenoxy) is 1. The zero-order valence-electron chi connectivity index (χ0n) is 13.0. The van der Waals surface area contributed by atoms with Crippen LogP contribution in [0.25, 0.3) is 0 Å². The second-order valence-electron chi connectivity index (χ2n) is 4.87. The highest BCUT2D eigenvalue weighted by atomic mass is 19.4. The van der Waals surface area contributed by atoms with Crippen LogP contribution < -0.4 is 15.4 Å².